The Labute approximate surface area is 197 Å². The Morgan fingerprint density at radius 2 is 1.18 bits per heavy atom. The molecular weight excluding hydrogens is 404 g/mol. The molecule has 0 radical (unpaired) electrons. The summed E-state index contributed by atoms with van der Waals surface area (Å²) in [5.74, 6) is 0.102. The first-order chi connectivity index (χ1) is 15.8. The first-order valence-corrected chi connectivity index (χ1v) is 11.1. The van der Waals surface area contributed by atoms with Crippen LogP contribution in [-0.4, -0.2) is 34.0 Å². The first-order valence-electron chi connectivity index (χ1n) is 11.1. The molecule has 0 N–H and O–H groups in total. The summed E-state index contributed by atoms with van der Waals surface area (Å²) in [5.41, 5.74) is 9.33. The van der Waals surface area contributed by atoms with Crippen molar-refractivity contribution in [1.82, 2.24) is 0 Å². The van der Waals surface area contributed by atoms with Crippen LogP contribution in [0.1, 0.15) is 34.0 Å². The molecule has 0 bridgehead atoms. The summed E-state index contributed by atoms with van der Waals surface area (Å²) in [6, 6.07) is 25.1. The molecule has 3 heteroatoms. The molecule has 0 saturated heterocycles. The number of rotatable bonds is 5. The van der Waals surface area contributed by atoms with Crippen molar-refractivity contribution < 1.29 is 4.79 Å². The lowest BCUT2D eigenvalue weighted by atomic mass is 9.87. The van der Waals surface area contributed by atoms with Crippen molar-refractivity contribution in [3.63, 3.8) is 0 Å². The molecule has 166 valence electrons. The Bertz CT molecular complexity index is 1200. The number of allylic oxidation sites excluding steroid dienone is 5. The Kier molecular flexibility index (Phi) is 6.32. The number of nitrogens with zero attached hydrogens (tertiary/aromatic N) is 2. The van der Waals surface area contributed by atoms with Gasteiger partial charge in [0.15, 0.2) is 5.78 Å². The van der Waals surface area contributed by atoms with E-state index < -0.39 is 0 Å². The second-order valence-electron chi connectivity index (χ2n) is 8.79. The number of carbonyl (C=O) groups is 1. The summed E-state index contributed by atoms with van der Waals surface area (Å²) >= 11 is 0. The third-order valence-corrected chi connectivity index (χ3v) is 6.03. The average Bonchev–Trinajstić information content (AvgIpc) is 2.83. The third kappa shape index (κ3) is 4.68. The SMILES string of the molecule is CC1=C/C(=C\C=C(c2ccc(N(C)C)cc2)c2ccc(N(C)C)cc2)c2ccccc2C1=O. The van der Waals surface area contributed by atoms with Crippen molar-refractivity contribution in [3.05, 3.63) is 119 Å². The molecule has 0 saturated carbocycles. The Hall–Kier alpha value is -3.85. The molecule has 0 fully saturated rings. The van der Waals surface area contributed by atoms with E-state index in [1.165, 1.54) is 0 Å². The van der Waals surface area contributed by atoms with Crippen molar-refractivity contribution in [2.75, 3.05) is 38.0 Å². The molecule has 3 aromatic carbocycles. The minimum absolute atomic E-state index is 0.102. The molecule has 0 aromatic heterocycles. The second kappa shape index (κ2) is 9.33. The molecule has 0 aliphatic heterocycles. The van der Waals surface area contributed by atoms with Crippen LogP contribution >= 0.6 is 0 Å². The number of benzene rings is 3. The molecule has 1 aliphatic carbocycles. The smallest absolute Gasteiger partial charge is 0.189 e. The van der Waals surface area contributed by atoms with Crippen LogP contribution in [0.4, 0.5) is 11.4 Å². The molecule has 33 heavy (non-hydrogen) atoms. The molecule has 0 heterocycles. The first kappa shape index (κ1) is 22.3. The van der Waals surface area contributed by atoms with Gasteiger partial charge in [-0.15, -0.1) is 0 Å². The van der Waals surface area contributed by atoms with Gasteiger partial charge in [0, 0.05) is 45.1 Å². The van der Waals surface area contributed by atoms with Crippen LogP contribution in [0.3, 0.4) is 0 Å². The number of hydrogen-bond acceptors (Lipinski definition) is 3. The topological polar surface area (TPSA) is 23.6 Å². The minimum atomic E-state index is 0.102. The number of fused-ring (bicyclic) bond motifs is 1. The number of Topliss-reactive ketones (excluding diaryl/α,β-unsaturated/α-hetero) is 1. The zero-order chi connectivity index (χ0) is 23.5. The van der Waals surface area contributed by atoms with Crippen molar-refractivity contribution >= 4 is 28.3 Å². The molecule has 0 amide bonds. The van der Waals surface area contributed by atoms with Gasteiger partial charge in [-0.25, -0.2) is 0 Å². The Morgan fingerprint density at radius 1 is 0.697 bits per heavy atom. The van der Waals surface area contributed by atoms with Crippen LogP contribution < -0.4 is 9.80 Å². The standard InChI is InChI=1S/C30H30N2O/c1-21-20-24(28-8-6-7-9-29(28)30(21)33)14-19-27(22-10-15-25(16-11-22)31(2)3)23-12-17-26(18-13-23)32(4)5/h6-20H,1-5H3/b24-14+. The van der Waals surface area contributed by atoms with E-state index in [1.54, 1.807) is 0 Å². The van der Waals surface area contributed by atoms with Crippen LogP contribution in [0, 0.1) is 0 Å². The van der Waals surface area contributed by atoms with Crippen LogP contribution in [0.5, 0.6) is 0 Å². The van der Waals surface area contributed by atoms with Crippen molar-refractivity contribution in [3.8, 4) is 0 Å². The molecule has 3 nitrogen and oxygen atoms in total. The molecule has 0 unspecified atom stereocenters. The monoisotopic (exact) mass is 434 g/mol. The Morgan fingerprint density at radius 3 is 1.67 bits per heavy atom. The summed E-state index contributed by atoms with van der Waals surface area (Å²) in [5, 5.41) is 0. The molecule has 1 aliphatic rings. The fourth-order valence-corrected chi connectivity index (χ4v) is 4.07. The predicted octanol–water partition coefficient (Wildman–Crippen LogP) is 6.48. The number of anilines is 2. The lowest BCUT2D eigenvalue weighted by Gasteiger charge is -2.17. The average molecular weight is 435 g/mol. The van der Waals surface area contributed by atoms with E-state index in [2.05, 4.69) is 70.5 Å². The number of ketones is 1. The summed E-state index contributed by atoms with van der Waals surface area (Å²) in [7, 11) is 8.19. The van der Waals surface area contributed by atoms with Gasteiger partial charge in [-0.1, -0.05) is 60.7 Å². The van der Waals surface area contributed by atoms with Gasteiger partial charge in [0.05, 0.1) is 0 Å². The summed E-state index contributed by atoms with van der Waals surface area (Å²) < 4.78 is 0. The Balaban J connectivity index is 1.83. The molecule has 4 rings (SSSR count). The fraction of sp³-hybridized carbons (Fsp3) is 0.167. The van der Waals surface area contributed by atoms with E-state index in [0.29, 0.717) is 0 Å². The summed E-state index contributed by atoms with van der Waals surface area (Å²) in [4.78, 5) is 16.8. The zero-order valence-corrected chi connectivity index (χ0v) is 20.0. The molecule has 0 atom stereocenters. The van der Waals surface area contributed by atoms with Gasteiger partial charge < -0.3 is 9.80 Å². The maximum absolute atomic E-state index is 12.6. The van der Waals surface area contributed by atoms with Gasteiger partial charge in [0.2, 0.25) is 0 Å². The van der Waals surface area contributed by atoms with Crippen molar-refractivity contribution in [1.29, 1.82) is 0 Å². The highest BCUT2D eigenvalue weighted by molar-refractivity contribution is 6.15. The van der Waals surface area contributed by atoms with E-state index in [-0.39, 0.29) is 5.78 Å². The van der Waals surface area contributed by atoms with Gasteiger partial charge in [-0.05, 0) is 70.7 Å². The van der Waals surface area contributed by atoms with Crippen molar-refractivity contribution in [2.24, 2.45) is 0 Å². The fourth-order valence-electron chi connectivity index (χ4n) is 4.07. The van der Waals surface area contributed by atoms with Gasteiger partial charge in [-0.2, -0.15) is 0 Å². The largest absolute Gasteiger partial charge is 0.378 e. The maximum atomic E-state index is 12.6. The summed E-state index contributed by atoms with van der Waals surface area (Å²) in [6.07, 6.45) is 6.29. The van der Waals surface area contributed by atoms with Gasteiger partial charge in [0.1, 0.15) is 0 Å². The number of hydrogen-bond donors (Lipinski definition) is 0. The second-order valence-corrected chi connectivity index (χ2v) is 8.79. The van der Waals surface area contributed by atoms with Crippen LogP contribution in [-0.2, 0) is 0 Å². The highest BCUT2D eigenvalue weighted by atomic mass is 16.1. The van der Waals surface area contributed by atoms with Gasteiger partial charge in [0.25, 0.3) is 0 Å². The van der Waals surface area contributed by atoms with Gasteiger partial charge in [-0.3, -0.25) is 4.79 Å². The van der Waals surface area contributed by atoms with E-state index in [9.17, 15) is 4.79 Å². The molecule has 3 aromatic rings. The zero-order valence-electron chi connectivity index (χ0n) is 20.0. The van der Waals surface area contributed by atoms with E-state index in [0.717, 1.165) is 50.3 Å². The van der Waals surface area contributed by atoms with Crippen molar-refractivity contribution in [2.45, 2.75) is 6.92 Å². The third-order valence-electron chi connectivity index (χ3n) is 6.03. The predicted molar refractivity (Wildman–Crippen MR) is 141 cm³/mol. The van der Waals surface area contributed by atoms with E-state index in [4.69, 9.17) is 0 Å². The maximum Gasteiger partial charge on any atom is 0.189 e. The quantitative estimate of drug-likeness (QED) is 0.459. The number of carbonyl (C=O) groups excluding carboxylic acids is 1. The minimum Gasteiger partial charge on any atom is -0.378 e. The molecule has 0 spiro atoms. The lowest BCUT2D eigenvalue weighted by Crippen LogP contribution is -2.09. The van der Waals surface area contributed by atoms with Gasteiger partial charge >= 0.3 is 0 Å². The summed E-state index contributed by atoms with van der Waals surface area (Å²) in [6.45, 7) is 1.89. The van der Waals surface area contributed by atoms with E-state index in [1.807, 2.05) is 65.5 Å². The normalized spacial score (nSPS) is 13.9. The van der Waals surface area contributed by atoms with E-state index >= 15 is 0 Å². The lowest BCUT2D eigenvalue weighted by molar-refractivity contribution is 0.103. The van der Waals surface area contributed by atoms with Crippen LogP contribution in [0.2, 0.25) is 0 Å². The van der Waals surface area contributed by atoms with Crippen LogP contribution in [0.25, 0.3) is 11.1 Å². The molecular formula is C30H30N2O. The highest BCUT2D eigenvalue weighted by Gasteiger charge is 2.19. The highest BCUT2D eigenvalue weighted by Crippen LogP contribution is 2.32. The van der Waals surface area contributed by atoms with Crippen LogP contribution in [0.15, 0.2) is 96.6 Å².